The van der Waals surface area contributed by atoms with E-state index in [1.165, 1.54) is 10.8 Å². The second-order valence-electron chi connectivity index (χ2n) is 11.0. The average Bonchev–Trinajstić information content (AvgIpc) is 3.72. The van der Waals surface area contributed by atoms with Crippen LogP contribution in [0.25, 0.3) is 71.2 Å². The molecular weight excluding hydrogens is 544 g/mol. The van der Waals surface area contributed by atoms with Crippen LogP contribution in [-0.4, -0.2) is 21.1 Å². The number of fused-ring (bicyclic) bond motifs is 9. The molecule has 0 saturated heterocycles. The first-order chi connectivity index (χ1) is 21.7. The lowest BCUT2D eigenvalue weighted by Gasteiger charge is -2.11. The van der Waals surface area contributed by atoms with Crippen molar-refractivity contribution < 1.29 is 9.15 Å². The van der Waals surface area contributed by atoms with Crippen LogP contribution in [0.4, 0.5) is 0 Å². The van der Waals surface area contributed by atoms with E-state index < -0.39 is 0 Å². The monoisotopic (exact) mass is 568 g/mol. The van der Waals surface area contributed by atoms with Gasteiger partial charge in [-0.25, -0.2) is 0 Å². The number of aromatic nitrogens is 2. The van der Waals surface area contributed by atoms with Crippen LogP contribution in [0.15, 0.2) is 138 Å². The van der Waals surface area contributed by atoms with E-state index in [-0.39, 0.29) is 11.9 Å². The van der Waals surface area contributed by atoms with E-state index >= 15 is 0 Å². The van der Waals surface area contributed by atoms with Gasteiger partial charge in [-0.15, -0.1) is 0 Å². The molecule has 6 heteroatoms. The Hall–Kier alpha value is -6.14. The van der Waals surface area contributed by atoms with E-state index in [4.69, 9.17) is 20.0 Å². The molecule has 44 heavy (non-hydrogen) atoms. The molecule has 208 valence electrons. The molecule has 0 amide bonds. The highest BCUT2D eigenvalue weighted by Gasteiger charge is 2.18. The van der Waals surface area contributed by atoms with Crippen LogP contribution < -0.4 is 0 Å². The Bertz CT molecular complexity index is 2530. The molecule has 0 fully saturated rings. The molecule has 0 aliphatic rings. The van der Waals surface area contributed by atoms with Crippen LogP contribution in [0.1, 0.15) is 5.56 Å². The average molecular weight is 569 g/mol. The van der Waals surface area contributed by atoms with Crippen LogP contribution in [0.3, 0.4) is 0 Å². The molecule has 0 atom stereocenters. The molecule has 0 radical (unpaired) electrons. The van der Waals surface area contributed by atoms with Crippen LogP contribution in [0, 0.1) is 10.8 Å². The quantitative estimate of drug-likeness (QED) is 0.161. The van der Waals surface area contributed by atoms with Gasteiger partial charge in [-0.2, -0.15) is 0 Å². The smallest absolute Gasteiger partial charge is 0.300 e. The van der Waals surface area contributed by atoms with Crippen molar-refractivity contribution >= 4 is 77.5 Å². The lowest BCUT2D eigenvalue weighted by atomic mass is 10.1. The topological polar surface area (TPSA) is 79.9 Å². The number of rotatable bonds is 2. The van der Waals surface area contributed by atoms with Crippen LogP contribution in [0.5, 0.6) is 0 Å². The summed E-state index contributed by atoms with van der Waals surface area (Å²) in [6, 6.07) is 44.5. The second-order valence-corrected chi connectivity index (χ2v) is 11.0. The minimum absolute atomic E-state index is 0.105. The van der Waals surface area contributed by atoms with Gasteiger partial charge in [0, 0.05) is 43.6 Å². The van der Waals surface area contributed by atoms with Gasteiger partial charge >= 0.3 is 6.02 Å². The number of nitrogens with one attached hydrogen (secondary N) is 2. The zero-order valence-electron chi connectivity index (χ0n) is 23.4. The Labute approximate surface area is 250 Å². The molecular formula is C38H24N4O2. The maximum absolute atomic E-state index is 8.87. The zero-order chi connectivity index (χ0) is 29.4. The summed E-state index contributed by atoms with van der Waals surface area (Å²) in [5.41, 5.74) is 7.09. The minimum atomic E-state index is -0.127. The van der Waals surface area contributed by atoms with Crippen molar-refractivity contribution in [3.8, 4) is 5.69 Å². The molecule has 0 unspecified atom stereocenters. The van der Waals surface area contributed by atoms with E-state index in [1.807, 2.05) is 66.7 Å². The number of hydrogen-bond acceptors (Lipinski definition) is 4. The first-order valence-electron chi connectivity index (χ1n) is 14.4. The molecule has 6 aromatic carbocycles. The summed E-state index contributed by atoms with van der Waals surface area (Å²) >= 11 is 0. The summed E-state index contributed by atoms with van der Waals surface area (Å²) in [6.45, 7) is 0. The fraction of sp³-hybridized carbons (Fsp3) is 0. The molecule has 3 heterocycles. The lowest BCUT2D eigenvalue weighted by molar-refractivity contribution is 0.514. The summed E-state index contributed by atoms with van der Waals surface area (Å²) in [5.74, 6) is -0.105. The van der Waals surface area contributed by atoms with Gasteiger partial charge < -0.3 is 13.7 Å². The molecule has 0 aliphatic heterocycles. The summed E-state index contributed by atoms with van der Waals surface area (Å²) in [7, 11) is 0. The van der Waals surface area contributed by atoms with Gasteiger partial charge in [0.25, 0.3) is 0 Å². The highest BCUT2D eigenvalue weighted by atomic mass is 16.5. The highest BCUT2D eigenvalue weighted by molar-refractivity contribution is 6.15. The molecule has 9 aromatic rings. The van der Waals surface area contributed by atoms with Crippen molar-refractivity contribution in [3.63, 3.8) is 0 Å². The van der Waals surface area contributed by atoms with Gasteiger partial charge in [0.1, 0.15) is 11.2 Å². The summed E-state index contributed by atoms with van der Waals surface area (Å²) in [4.78, 5) is 0. The van der Waals surface area contributed by atoms with Crippen molar-refractivity contribution in [2.24, 2.45) is 0 Å². The Balaban J connectivity index is 1.13. The third-order valence-electron chi connectivity index (χ3n) is 8.54. The third kappa shape index (κ3) is 3.48. The van der Waals surface area contributed by atoms with Gasteiger partial charge in [-0.3, -0.25) is 15.4 Å². The normalized spacial score (nSPS) is 11.8. The standard InChI is InChI=1S/C38H24N4O2/c39-37(44-38(40)42-33-15-7-3-11-27(33)28-12-4-8-16-34(28)42)23-17-19-35-29(21-23)30-22-24(18-20-36(30)43-35)41-31-13-5-1-9-25(31)26-10-2-6-14-32(26)41/h1-22,39-40H. The molecule has 9 rings (SSSR count). The van der Waals surface area contributed by atoms with Gasteiger partial charge in [0.05, 0.1) is 22.1 Å². The van der Waals surface area contributed by atoms with E-state index in [1.54, 1.807) is 10.6 Å². The molecule has 2 N–H and O–H groups in total. The summed E-state index contributed by atoms with van der Waals surface area (Å²) in [6.07, 6.45) is 0. The van der Waals surface area contributed by atoms with Crippen molar-refractivity contribution in [1.82, 2.24) is 9.13 Å². The number of ether oxygens (including phenoxy) is 1. The number of furan rings is 1. The van der Waals surface area contributed by atoms with Crippen LogP contribution >= 0.6 is 0 Å². The first-order valence-corrected chi connectivity index (χ1v) is 14.4. The molecule has 0 bridgehead atoms. The predicted octanol–water partition coefficient (Wildman–Crippen LogP) is 9.62. The largest absolute Gasteiger partial charge is 0.456 e. The fourth-order valence-corrected chi connectivity index (χ4v) is 6.59. The molecule has 6 nitrogen and oxygen atoms in total. The number of benzene rings is 6. The second kappa shape index (κ2) is 9.18. The highest BCUT2D eigenvalue weighted by Crippen LogP contribution is 2.36. The van der Waals surface area contributed by atoms with E-state index in [9.17, 15) is 0 Å². The van der Waals surface area contributed by atoms with E-state index in [2.05, 4.69) is 65.2 Å². The SMILES string of the molecule is N=C(OC(=N)n1c2ccccc2c2ccccc21)c1ccc2oc3ccc(-n4c5ccccc5c5ccccc54)cc3c2c1. The first kappa shape index (κ1) is 24.5. The number of para-hydroxylation sites is 4. The number of nitrogens with zero attached hydrogens (tertiary/aromatic N) is 2. The fourth-order valence-electron chi connectivity index (χ4n) is 6.59. The predicted molar refractivity (Wildman–Crippen MR) is 179 cm³/mol. The maximum atomic E-state index is 8.87. The van der Waals surface area contributed by atoms with Gasteiger partial charge in [-0.1, -0.05) is 72.8 Å². The summed E-state index contributed by atoms with van der Waals surface area (Å²) < 4.78 is 16.1. The van der Waals surface area contributed by atoms with Crippen molar-refractivity contribution in [2.45, 2.75) is 0 Å². The van der Waals surface area contributed by atoms with Crippen molar-refractivity contribution in [1.29, 1.82) is 10.8 Å². The summed E-state index contributed by atoms with van der Waals surface area (Å²) in [5, 5.41) is 24.0. The molecule has 0 saturated carbocycles. The Morgan fingerprint density at radius 1 is 0.500 bits per heavy atom. The van der Waals surface area contributed by atoms with E-state index in [0.717, 1.165) is 60.5 Å². The Morgan fingerprint density at radius 2 is 0.977 bits per heavy atom. The van der Waals surface area contributed by atoms with Crippen LogP contribution in [0.2, 0.25) is 0 Å². The number of hydrogen-bond donors (Lipinski definition) is 2. The molecule has 3 aromatic heterocycles. The lowest BCUT2D eigenvalue weighted by Crippen LogP contribution is -2.19. The van der Waals surface area contributed by atoms with Crippen LogP contribution in [-0.2, 0) is 4.74 Å². The van der Waals surface area contributed by atoms with Gasteiger partial charge in [-0.05, 0) is 60.7 Å². The Morgan fingerprint density at radius 3 is 1.57 bits per heavy atom. The zero-order valence-corrected chi connectivity index (χ0v) is 23.4. The maximum Gasteiger partial charge on any atom is 0.300 e. The molecule has 0 spiro atoms. The minimum Gasteiger partial charge on any atom is -0.456 e. The molecule has 0 aliphatic carbocycles. The third-order valence-corrected chi connectivity index (χ3v) is 8.54. The van der Waals surface area contributed by atoms with E-state index in [0.29, 0.717) is 5.56 Å². The van der Waals surface area contributed by atoms with Crippen molar-refractivity contribution in [3.05, 3.63) is 139 Å². The van der Waals surface area contributed by atoms with Gasteiger partial charge in [0.15, 0.2) is 0 Å². The van der Waals surface area contributed by atoms with Crippen molar-refractivity contribution in [2.75, 3.05) is 0 Å². The Kier molecular flexibility index (Phi) is 5.10. The van der Waals surface area contributed by atoms with Gasteiger partial charge in [0.2, 0.25) is 5.90 Å².